The van der Waals surface area contributed by atoms with E-state index < -0.39 is 5.54 Å². The van der Waals surface area contributed by atoms with Crippen LogP contribution in [-0.4, -0.2) is 15.1 Å². The van der Waals surface area contributed by atoms with Crippen LogP contribution in [0.1, 0.15) is 31.5 Å². The minimum absolute atomic E-state index is 0.428. The molecule has 3 heterocycles. The van der Waals surface area contributed by atoms with Gasteiger partial charge < -0.3 is 10.3 Å². The highest BCUT2D eigenvalue weighted by molar-refractivity contribution is 7.23. The van der Waals surface area contributed by atoms with Crippen molar-refractivity contribution < 1.29 is 4.52 Å². The Bertz CT molecular complexity index is 803. The lowest BCUT2D eigenvalue weighted by atomic mass is 9.99. The first-order chi connectivity index (χ1) is 10.6. The fourth-order valence-electron chi connectivity index (χ4n) is 2.67. The number of rotatable bonds is 3. The van der Waals surface area contributed by atoms with Crippen molar-refractivity contribution >= 4 is 34.3 Å². The van der Waals surface area contributed by atoms with E-state index in [0.717, 1.165) is 39.9 Å². The molecule has 8 heteroatoms. The molecule has 0 aliphatic heterocycles. The summed E-state index contributed by atoms with van der Waals surface area (Å²) in [6, 6.07) is 3.83. The predicted octanol–water partition coefficient (Wildman–Crippen LogP) is 4.30. The van der Waals surface area contributed by atoms with Crippen LogP contribution in [-0.2, 0) is 5.54 Å². The number of thiazole rings is 1. The maximum absolute atomic E-state index is 6.36. The lowest BCUT2D eigenvalue weighted by Gasteiger charge is -2.17. The molecule has 1 aliphatic carbocycles. The molecule has 114 valence electrons. The SMILES string of the molecule is NC1(c2noc(-c3csc(-c4ccc(Cl)s4)n3)n2)CCCC1. The van der Waals surface area contributed by atoms with Crippen LogP contribution in [0.15, 0.2) is 22.0 Å². The summed E-state index contributed by atoms with van der Waals surface area (Å²) >= 11 is 9.00. The Kier molecular flexibility index (Phi) is 3.53. The Labute approximate surface area is 140 Å². The molecule has 0 aromatic carbocycles. The van der Waals surface area contributed by atoms with Crippen molar-refractivity contribution in [1.82, 2.24) is 15.1 Å². The van der Waals surface area contributed by atoms with E-state index in [4.69, 9.17) is 21.9 Å². The lowest BCUT2D eigenvalue weighted by molar-refractivity contribution is 0.372. The number of nitrogens with two attached hydrogens (primary N) is 1. The van der Waals surface area contributed by atoms with Crippen LogP contribution in [0.2, 0.25) is 4.34 Å². The molecule has 0 atom stereocenters. The van der Waals surface area contributed by atoms with Gasteiger partial charge in [0.05, 0.1) is 14.8 Å². The van der Waals surface area contributed by atoms with Gasteiger partial charge in [-0.15, -0.1) is 22.7 Å². The van der Waals surface area contributed by atoms with Crippen molar-refractivity contribution in [2.24, 2.45) is 5.73 Å². The molecule has 1 saturated carbocycles. The van der Waals surface area contributed by atoms with Gasteiger partial charge in [-0.3, -0.25) is 0 Å². The Morgan fingerprint density at radius 2 is 2.05 bits per heavy atom. The van der Waals surface area contributed by atoms with Crippen LogP contribution in [0.3, 0.4) is 0 Å². The van der Waals surface area contributed by atoms with Crippen LogP contribution in [0.25, 0.3) is 21.5 Å². The van der Waals surface area contributed by atoms with E-state index in [2.05, 4.69) is 15.1 Å². The molecule has 3 aromatic rings. The third-order valence-electron chi connectivity index (χ3n) is 3.87. The van der Waals surface area contributed by atoms with Crippen LogP contribution < -0.4 is 5.73 Å². The van der Waals surface area contributed by atoms with Crippen LogP contribution in [0, 0.1) is 0 Å². The first kappa shape index (κ1) is 14.3. The van der Waals surface area contributed by atoms with E-state index in [1.807, 2.05) is 17.5 Å². The van der Waals surface area contributed by atoms with Gasteiger partial charge in [0, 0.05) is 5.38 Å². The molecule has 1 aliphatic rings. The molecule has 0 radical (unpaired) electrons. The Hall–Kier alpha value is -1.28. The summed E-state index contributed by atoms with van der Waals surface area (Å²) in [5.74, 6) is 1.02. The number of nitrogens with zero attached hydrogens (tertiary/aromatic N) is 3. The van der Waals surface area contributed by atoms with E-state index in [1.54, 1.807) is 0 Å². The van der Waals surface area contributed by atoms with Gasteiger partial charge in [-0.1, -0.05) is 29.6 Å². The van der Waals surface area contributed by atoms with Gasteiger partial charge in [0.15, 0.2) is 5.82 Å². The van der Waals surface area contributed by atoms with Gasteiger partial charge >= 0.3 is 0 Å². The zero-order chi connectivity index (χ0) is 15.2. The topological polar surface area (TPSA) is 77.8 Å². The van der Waals surface area contributed by atoms with Crippen molar-refractivity contribution in [1.29, 1.82) is 0 Å². The van der Waals surface area contributed by atoms with Crippen LogP contribution >= 0.6 is 34.3 Å². The van der Waals surface area contributed by atoms with E-state index in [1.165, 1.54) is 22.7 Å². The molecule has 3 aromatic heterocycles. The molecule has 0 unspecified atom stereocenters. The molecule has 5 nitrogen and oxygen atoms in total. The molecular weight excluding hydrogens is 340 g/mol. The first-order valence-electron chi connectivity index (χ1n) is 6.99. The summed E-state index contributed by atoms with van der Waals surface area (Å²) in [6.07, 6.45) is 4.03. The molecule has 0 amide bonds. The van der Waals surface area contributed by atoms with E-state index in [9.17, 15) is 0 Å². The van der Waals surface area contributed by atoms with Gasteiger partial charge in [0.25, 0.3) is 5.89 Å². The quantitative estimate of drug-likeness (QED) is 0.760. The van der Waals surface area contributed by atoms with Crippen molar-refractivity contribution in [2.75, 3.05) is 0 Å². The molecule has 0 saturated heterocycles. The number of hydrogen-bond acceptors (Lipinski definition) is 7. The minimum Gasteiger partial charge on any atom is -0.332 e. The Morgan fingerprint density at radius 1 is 1.23 bits per heavy atom. The second kappa shape index (κ2) is 5.42. The molecule has 1 fully saturated rings. The highest BCUT2D eigenvalue weighted by Crippen LogP contribution is 2.37. The van der Waals surface area contributed by atoms with Gasteiger partial charge in [0.2, 0.25) is 0 Å². The third-order valence-corrected chi connectivity index (χ3v) is 6.12. The summed E-state index contributed by atoms with van der Waals surface area (Å²) in [5, 5.41) is 6.88. The standard InChI is InChI=1S/C14H13ClN4OS2/c15-10-4-3-9(22-10)12-17-8(7-21-12)11-18-13(19-20-11)14(16)5-1-2-6-14/h3-4,7H,1-2,5-6,16H2. The molecule has 2 N–H and O–H groups in total. The number of thiophene rings is 1. The zero-order valence-electron chi connectivity index (χ0n) is 11.6. The first-order valence-corrected chi connectivity index (χ1v) is 9.06. The largest absolute Gasteiger partial charge is 0.332 e. The summed E-state index contributed by atoms with van der Waals surface area (Å²) in [5.41, 5.74) is 6.60. The molecule has 4 rings (SSSR count). The predicted molar refractivity (Wildman–Crippen MR) is 88.1 cm³/mol. The normalized spacial score (nSPS) is 17.2. The van der Waals surface area contributed by atoms with E-state index >= 15 is 0 Å². The maximum atomic E-state index is 6.36. The van der Waals surface area contributed by atoms with Crippen molar-refractivity contribution in [2.45, 2.75) is 31.2 Å². The highest BCUT2D eigenvalue weighted by atomic mass is 35.5. The van der Waals surface area contributed by atoms with Crippen molar-refractivity contribution in [3.63, 3.8) is 0 Å². The van der Waals surface area contributed by atoms with Crippen molar-refractivity contribution in [3.8, 4) is 21.5 Å². The second-order valence-electron chi connectivity index (χ2n) is 5.43. The highest BCUT2D eigenvalue weighted by Gasteiger charge is 2.36. The van der Waals surface area contributed by atoms with Gasteiger partial charge in [0.1, 0.15) is 10.7 Å². The number of hydrogen-bond donors (Lipinski definition) is 1. The monoisotopic (exact) mass is 352 g/mol. The van der Waals surface area contributed by atoms with Crippen molar-refractivity contribution in [3.05, 3.63) is 27.7 Å². The van der Waals surface area contributed by atoms with Gasteiger partial charge in [-0.05, 0) is 25.0 Å². The number of halogens is 1. The van der Waals surface area contributed by atoms with Gasteiger partial charge in [-0.25, -0.2) is 4.98 Å². The third kappa shape index (κ3) is 2.48. The smallest absolute Gasteiger partial charge is 0.277 e. The fourth-order valence-corrected chi connectivity index (χ4v) is 4.58. The maximum Gasteiger partial charge on any atom is 0.277 e. The lowest BCUT2D eigenvalue weighted by Crippen LogP contribution is -2.34. The summed E-state index contributed by atoms with van der Waals surface area (Å²) in [7, 11) is 0. The zero-order valence-corrected chi connectivity index (χ0v) is 14.0. The average molecular weight is 353 g/mol. The Balaban J connectivity index is 1.63. The van der Waals surface area contributed by atoms with Gasteiger partial charge in [-0.2, -0.15) is 4.98 Å². The minimum atomic E-state index is -0.443. The molecular formula is C14H13ClN4OS2. The second-order valence-corrected chi connectivity index (χ2v) is 8.00. The summed E-state index contributed by atoms with van der Waals surface area (Å²) < 4.78 is 6.11. The number of aromatic nitrogens is 3. The molecule has 0 bridgehead atoms. The summed E-state index contributed by atoms with van der Waals surface area (Å²) in [4.78, 5) is 10.1. The summed E-state index contributed by atoms with van der Waals surface area (Å²) in [6.45, 7) is 0. The fraction of sp³-hybridized carbons (Fsp3) is 0.357. The average Bonchev–Trinajstić information content (AvgIpc) is 3.25. The van der Waals surface area contributed by atoms with Crippen LogP contribution in [0.4, 0.5) is 0 Å². The van der Waals surface area contributed by atoms with E-state index in [-0.39, 0.29) is 0 Å². The van der Waals surface area contributed by atoms with Crippen LogP contribution in [0.5, 0.6) is 0 Å². The molecule has 0 spiro atoms. The van der Waals surface area contributed by atoms with E-state index in [0.29, 0.717) is 17.4 Å². The Morgan fingerprint density at radius 3 is 2.77 bits per heavy atom. The molecule has 22 heavy (non-hydrogen) atoms.